The van der Waals surface area contributed by atoms with Gasteiger partial charge < -0.3 is 14.7 Å². The molecule has 176 valence electrons. The Kier molecular flexibility index (Phi) is 6.20. The summed E-state index contributed by atoms with van der Waals surface area (Å²) in [6, 6.07) is 9.63. The molecule has 0 radical (unpaired) electrons. The van der Waals surface area contributed by atoms with Crippen molar-refractivity contribution in [2.75, 3.05) is 49.1 Å². The average molecular weight is 461 g/mol. The SMILES string of the molecule is CC(=O)c1ccc(N2CCN(C(=O)C3CCN(c4cc(-n5cncn5)ncn4)CC3)CC2)cc1. The van der Waals surface area contributed by atoms with E-state index in [2.05, 4.69) is 29.9 Å². The van der Waals surface area contributed by atoms with Gasteiger partial charge in [-0.05, 0) is 44.0 Å². The molecule has 34 heavy (non-hydrogen) atoms. The van der Waals surface area contributed by atoms with E-state index in [1.165, 1.54) is 12.7 Å². The molecular formula is C24H28N8O2. The fourth-order valence-corrected chi connectivity index (χ4v) is 4.67. The van der Waals surface area contributed by atoms with Crippen molar-refractivity contribution in [3.05, 3.63) is 54.9 Å². The van der Waals surface area contributed by atoms with Crippen molar-refractivity contribution >= 4 is 23.2 Å². The summed E-state index contributed by atoms with van der Waals surface area (Å²) < 4.78 is 1.61. The van der Waals surface area contributed by atoms with Gasteiger partial charge in [-0.25, -0.2) is 19.6 Å². The maximum Gasteiger partial charge on any atom is 0.225 e. The van der Waals surface area contributed by atoms with E-state index in [9.17, 15) is 9.59 Å². The van der Waals surface area contributed by atoms with Gasteiger partial charge in [0, 0.05) is 62.5 Å². The molecule has 3 aromatic rings. The van der Waals surface area contributed by atoms with Gasteiger partial charge in [-0.15, -0.1) is 0 Å². The third kappa shape index (κ3) is 4.61. The van der Waals surface area contributed by atoms with Gasteiger partial charge in [0.1, 0.15) is 24.8 Å². The molecule has 2 saturated heterocycles. The Morgan fingerprint density at radius 3 is 2.21 bits per heavy atom. The Bertz CT molecular complexity index is 1130. The smallest absolute Gasteiger partial charge is 0.225 e. The predicted molar refractivity (Wildman–Crippen MR) is 127 cm³/mol. The van der Waals surface area contributed by atoms with Crippen LogP contribution in [0.5, 0.6) is 0 Å². The van der Waals surface area contributed by atoms with E-state index in [0.29, 0.717) is 5.82 Å². The summed E-state index contributed by atoms with van der Waals surface area (Å²) in [5.74, 6) is 1.90. The Labute approximate surface area is 198 Å². The third-order valence-corrected chi connectivity index (χ3v) is 6.69. The predicted octanol–water partition coefficient (Wildman–Crippen LogP) is 1.83. The number of hydrogen-bond acceptors (Lipinski definition) is 8. The normalized spacial score (nSPS) is 17.1. The van der Waals surface area contributed by atoms with Gasteiger partial charge in [0.05, 0.1) is 0 Å². The molecule has 0 aliphatic carbocycles. The summed E-state index contributed by atoms with van der Waals surface area (Å²) in [4.78, 5) is 43.8. The van der Waals surface area contributed by atoms with Gasteiger partial charge in [0.15, 0.2) is 11.6 Å². The van der Waals surface area contributed by atoms with Crippen LogP contribution in [0.25, 0.3) is 5.82 Å². The number of anilines is 2. The van der Waals surface area contributed by atoms with Gasteiger partial charge >= 0.3 is 0 Å². The van der Waals surface area contributed by atoms with Crippen molar-refractivity contribution in [3.63, 3.8) is 0 Å². The number of amides is 1. The molecule has 4 heterocycles. The molecule has 5 rings (SSSR count). The van der Waals surface area contributed by atoms with Crippen molar-refractivity contribution in [1.82, 2.24) is 29.6 Å². The summed E-state index contributed by atoms with van der Waals surface area (Å²) in [7, 11) is 0. The van der Waals surface area contributed by atoms with Gasteiger partial charge in [-0.2, -0.15) is 5.10 Å². The van der Waals surface area contributed by atoms with Crippen LogP contribution in [0.3, 0.4) is 0 Å². The van der Waals surface area contributed by atoms with Crippen LogP contribution < -0.4 is 9.80 Å². The monoisotopic (exact) mass is 460 g/mol. The zero-order valence-electron chi connectivity index (χ0n) is 19.2. The third-order valence-electron chi connectivity index (χ3n) is 6.69. The van der Waals surface area contributed by atoms with Gasteiger partial charge in [-0.1, -0.05) is 0 Å². The van der Waals surface area contributed by atoms with E-state index >= 15 is 0 Å². The van der Waals surface area contributed by atoms with Crippen LogP contribution in [-0.4, -0.2) is 80.6 Å². The minimum Gasteiger partial charge on any atom is -0.368 e. The summed E-state index contributed by atoms with van der Waals surface area (Å²) in [6.45, 7) is 6.19. The van der Waals surface area contributed by atoms with E-state index in [1.54, 1.807) is 17.9 Å². The van der Waals surface area contributed by atoms with Crippen LogP contribution in [-0.2, 0) is 4.79 Å². The molecular weight excluding hydrogens is 432 g/mol. The van der Waals surface area contributed by atoms with Crippen molar-refractivity contribution in [3.8, 4) is 5.82 Å². The van der Waals surface area contributed by atoms with E-state index in [1.807, 2.05) is 35.2 Å². The molecule has 1 aromatic carbocycles. The second-order valence-corrected chi connectivity index (χ2v) is 8.75. The van der Waals surface area contributed by atoms with Gasteiger partial charge in [0.2, 0.25) is 5.91 Å². The maximum absolute atomic E-state index is 13.2. The highest BCUT2D eigenvalue weighted by atomic mass is 16.2. The Morgan fingerprint density at radius 1 is 0.853 bits per heavy atom. The van der Waals surface area contributed by atoms with Gasteiger partial charge in [0.25, 0.3) is 0 Å². The lowest BCUT2D eigenvalue weighted by atomic mass is 9.95. The molecule has 0 atom stereocenters. The molecule has 2 aliphatic rings. The molecule has 0 unspecified atom stereocenters. The zero-order chi connectivity index (χ0) is 23.5. The van der Waals surface area contributed by atoms with E-state index in [-0.39, 0.29) is 17.6 Å². The number of nitrogens with zero attached hydrogens (tertiary/aromatic N) is 8. The number of carbonyl (C=O) groups is 2. The first-order chi connectivity index (χ1) is 16.6. The standard InChI is InChI=1S/C24H28N8O2/c1-18(33)19-2-4-21(5-3-19)29-10-12-31(13-11-29)24(34)20-6-8-30(9-7-20)22-14-23(27-16-26-22)32-17-25-15-28-32/h2-5,14-17,20H,6-13H2,1H3. The Balaban J connectivity index is 1.13. The summed E-state index contributed by atoms with van der Waals surface area (Å²) in [5.41, 5.74) is 1.82. The number of Topliss-reactive ketones (excluding diaryl/α,β-unsaturated/α-hetero) is 1. The van der Waals surface area contributed by atoms with Crippen LogP contribution in [0, 0.1) is 5.92 Å². The van der Waals surface area contributed by atoms with Crippen molar-refractivity contribution in [2.45, 2.75) is 19.8 Å². The number of piperidine rings is 1. The molecule has 1 amide bonds. The maximum atomic E-state index is 13.2. The quantitative estimate of drug-likeness (QED) is 0.532. The van der Waals surface area contributed by atoms with Crippen molar-refractivity contribution < 1.29 is 9.59 Å². The second-order valence-electron chi connectivity index (χ2n) is 8.75. The first-order valence-electron chi connectivity index (χ1n) is 11.7. The number of piperazine rings is 1. The van der Waals surface area contributed by atoms with Crippen LogP contribution in [0.15, 0.2) is 49.3 Å². The van der Waals surface area contributed by atoms with E-state index in [0.717, 1.165) is 69.2 Å². The summed E-state index contributed by atoms with van der Waals surface area (Å²) >= 11 is 0. The fourth-order valence-electron chi connectivity index (χ4n) is 4.67. The first-order valence-corrected chi connectivity index (χ1v) is 11.7. The van der Waals surface area contributed by atoms with Gasteiger partial charge in [-0.3, -0.25) is 9.59 Å². The lowest BCUT2D eigenvalue weighted by Crippen LogP contribution is -2.51. The molecule has 0 N–H and O–H groups in total. The molecule has 2 aromatic heterocycles. The minimum absolute atomic E-state index is 0.0503. The number of hydrogen-bond donors (Lipinski definition) is 0. The molecule has 10 heteroatoms. The van der Waals surface area contributed by atoms with Crippen molar-refractivity contribution in [2.24, 2.45) is 5.92 Å². The molecule has 10 nitrogen and oxygen atoms in total. The highest BCUT2D eigenvalue weighted by Crippen LogP contribution is 2.25. The number of carbonyl (C=O) groups excluding carboxylic acids is 2. The summed E-state index contributed by atoms with van der Waals surface area (Å²) in [6.07, 6.45) is 6.25. The lowest BCUT2D eigenvalue weighted by molar-refractivity contribution is -0.136. The molecule has 0 bridgehead atoms. The first kappa shape index (κ1) is 22.0. The zero-order valence-corrected chi connectivity index (χ0v) is 19.2. The molecule has 0 spiro atoms. The Hall–Kier alpha value is -3.82. The van der Waals surface area contributed by atoms with Crippen LogP contribution in [0.4, 0.5) is 11.5 Å². The van der Waals surface area contributed by atoms with E-state index in [4.69, 9.17) is 0 Å². The number of aromatic nitrogens is 5. The van der Waals surface area contributed by atoms with Crippen LogP contribution in [0.2, 0.25) is 0 Å². The van der Waals surface area contributed by atoms with Crippen LogP contribution in [0.1, 0.15) is 30.1 Å². The largest absolute Gasteiger partial charge is 0.368 e. The average Bonchev–Trinajstić information content (AvgIpc) is 3.44. The number of benzene rings is 1. The van der Waals surface area contributed by atoms with E-state index < -0.39 is 0 Å². The van der Waals surface area contributed by atoms with Crippen LogP contribution >= 0.6 is 0 Å². The second kappa shape index (κ2) is 9.58. The topological polar surface area (TPSA) is 100 Å². The van der Waals surface area contributed by atoms with Crippen molar-refractivity contribution in [1.29, 1.82) is 0 Å². The molecule has 2 fully saturated rings. The lowest BCUT2D eigenvalue weighted by Gasteiger charge is -2.39. The number of rotatable bonds is 5. The number of ketones is 1. The summed E-state index contributed by atoms with van der Waals surface area (Å²) in [5, 5.41) is 4.12. The molecule has 2 aliphatic heterocycles. The Morgan fingerprint density at radius 2 is 1.56 bits per heavy atom. The fraction of sp³-hybridized carbons (Fsp3) is 0.417. The highest BCUT2D eigenvalue weighted by Gasteiger charge is 2.31. The highest BCUT2D eigenvalue weighted by molar-refractivity contribution is 5.94. The minimum atomic E-state index is 0.0503. The molecule has 0 saturated carbocycles.